The summed E-state index contributed by atoms with van der Waals surface area (Å²) in [4.78, 5) is 10.3. The molecule has 6 heteroatoms. The standard InChI is InChI=1S/C17H16O5S/c1-12-8-10-14(11-9-12)23(19,20)17(16(18)21-2)15(22-17)13-6-4-3-5-7-13/h3-11,15H,1-2H3. The molecule has 1 aliphatic heterocycles. The summed E-state index contributed by atoms with van der Waals surface area (Å²) < 4.78 is 36.1. The van der Waals surface area contributed by atoms with E-state index >= 15 is 0 Å². The summed E-state index contributed by atoms with van der Waals surface area (Å²) in [6.45, 7) is 1.85. The van der Waals surface area contributed by atoms with E-state index in [0.29, 0.717) is 5.56 Å². The summed E-state index contributed by atoms with van der Waals surface area (Å²) in [6.07, 6.45) is -0.873. The average molecular weight is 332 g/mol. The van der Waals surface area contributed by atoms with Crippen molar-refractivity contribution in [2.45, 2.75) is 22.9 Å². The number of rotatable bonds is 4. The Bertz CT molecular complexity index is 827. The molecular formula is C17H16O5S. The third-order valence-electron chi connectivity index (χ3n) is 3.88. The number of methoxy groups -OCH3 is 1. The summed E-state index contributed by atoms with van der Waals surface area (Å²) >= 11 is 0. The molecule has 0 aromatic heterocycles. The van der Waals surface area contributed by atoms with Gasteiger partial charge in [-0.1, -0.05) is 48.0 Å². The Balaban J connectivity index is 2.08. The van der Waals surface area contributed by atoms with E-state index in [2.05, 4.69) is 0 Å². The first-order chi connectivity index (χ1) is 10.9. The van der Waals surface area contributed by atoms with Gasteiger partial charge in [0.1, 0.15) is 6.10 Å². The van der Waals surface area contributed by atoms with Crippen molar-refractivity contribution in [1.82, 2.24) is 0 Å². The van der Waals surface area contributed by atoms with Crippen LogP contribution < -0.4 is 0 Å². The summed E-state index contributed by atoms with van der Waals surface area (Å²) in [5.41, 5.74) is 1.54. The van der Waals surface area contributed by atoms with Gasteiger partial charge in [-0.25, -0.2) is 13.2 Å². The van der Waals surface area contributed by atoms with Crippen LogP contribution in [0.1, 0.15) is 17.2 Å². The average Bonchev–Trinajstić information content (AvgIpc) is 3.33. The van der Waals surface area contributed by atoms with Crippen molar-refractivity contribution in [3.8, 4) is 0 Å². The maximum atomic E-state index is 13.0. The number of aryl methyl sites for hydroxylation is 1. The highest BCUT2D eigenvalue weighted by atomic mass is 32.2. The first kappa shape index (κ1) is 15.7. The van der Waals surface area contributed by atoms with Gasteiger partial charge in [-0.15, -0.1) is 0 Å². The molecule has 0 radical (unpaired) electrons. The highest BCUT2D eigenvalue weighted by Gasteiger charge is 2.74. The molecule has 0 aliphatic carbocycles. The summed E-state index contributed by atoms with van der Waals surface area (Å²) in [6, 6.07) is 15.1. The van der Waals surface area contributed by atoms with Crippen LogP contribution in [0.15, 0.2) is 59.5 Å². The third kappa shape index (κ3) is 2.34. The second kappa shape index (κ2) is 5.47. The molecule has 0 bridgehead atoms. The van der Waals surface area contributed by atoms with Crippen molar-refractivity contribution in [3.63, 3.8) is 0 Å². The molecule has 1 heterocycles. The molecule has 2 atom stereocenters. The fourth-order valence-electron chi connectivity index (χ4n) is 2.56. The van der Waals surface area contributed by atoms with Gasteiger partial charge in [0, 0.05) is 0 Å². The highest BCUT2D eigenvalue weighted by Crippen LogP contribution is 2.56. The molecule has 5 nitrogen and oxygen atoms in total. The van der Waals surface area contributed by atoms with Gasteiger partial charge in [-0.05, 0) is 24.6 Å². The van der Waals surface area contributed by atoms with Gasteiger partial charge < -0.3 is 9.47 Å². The van der Waals surface area contributed by atoms with E-state index in [4.69, 9.17) is 9.47 Å². The maximum absolute atomic E-state index is 13.0. The van der Waals surface area contributed by atoms with E-state index in [1.165, 1.54) is 12.1 Å². The number of hydrogen-bond acceptors (Lipinski definition) is 5. The molecule has 0 N–H and O–H groups in total. The molecule has 1 aliphatic rings. The van der Waals surface area contributed by atoms with Gasteiger partial charge in [-0.3, -0.25) is 0 Å². The van der Waals surface area contributed by atoms with Crippen molar-refractivity contribution in [1.29, 1.82) is 0 Å². The zero-order valence-electron chi connectivity index (χ0n) is 12.7. The first-order valence-corrected chi connectivity index (χ1v) is 8.54. The SMILES string of the molecule is COC(=O)C1(S(=O)(=O)c2ccc(C)cc2)OC1c1ccccc1. The fourth-order valence-corrected chi connectivity index (χ4v) is 4.35. The largest absolute Gasteiger partial charge is 0.466 e. The molecule has 0 saturated carbocycles. The molecule has 2 unspecified atom stereocenters. The molecule has 23 heavy (non-hydrogen) atoms. The maximum Gasteiger partial charge on any atom is 0.357 e. The van der Waals surface area contributed by atoms with Crippen LogP contribution in [0.4, 0.5) is 0 Å². The lowest BCUT2D eigenvalue weighted by atomic mass is 10.1. The second-order valence-electron chi connectivity index (χ2n) is 5.38. The van der Waals surface area contributed by atoms with Crippen molar-refractivity contribution in [2.24, 2.45) is 0 Å². The van der Waals surface area contributed by atoms with Crippen LogP contribution in [0.25, 0.3) is 0 Å². The Kier molecular flexibility index (Phi) is 3.74. The summed E-state index contributed by atoms with van der Waals surface area (Å²) in [5.74, 6) is -0.910. The van der Waals surface area contributed by atoms with E-state index < -0.39 is 26.8 Å². The molecule has 0 amide bonds. The normalized spacial score (nSPS) is 23.3. The minimum Gasteiger partial charge on any atom is -0.466 e. The molecule has 1 fully saturated rings. The van der Waals surface area contributed by atoms with Crippen LogP contribution in [-0.2, 0) is 24.1 Å². The Morgan fingerprint density at radius 2 is 1.70 bits per heavy atom. The van der Waals surface area contributed by atoms with Gasteiger partial charge in [0.05, 0.1) is 12.0 Å². The molecule has 2 aromatic rings. The van der Waals surface area contributed by atoms with E-state index in [0.717, 1.165) is 12.7 Å². The highest BCUT2D eigenvalue weighted by molar-refractivity contribution is 7.93. The Labute approximate surface area is 134 Å². The van der Waals surface area contributed by atoms with E-state index in [-0.39, 0.29) is 4.90 Å². The number of ether oxygens (including phenoxy) is 2. The van der Waals surface area contributed by atoms with Crippen LogP contribution in [0.5, 0.6) is 0 Å². The van der Waals surface area contributed by atoms with Crippen LogP contribution in [0.3, 0.4) is 0 Å². The van der Waals surface area contributed by atoms with E-state index in [1.807, 2.05) is 6.92 Å². The van der Waals surface area contributed by atoms with Crippen LogP contribution in [-0.4, -0.2) is 26.4 Å². The Hall–Kier alpha value is -2.18. The number of esters is 1. The monoisotopic (exact) mass is 332 g/mol. The van der Waals surface area contributed by atoms with Crippen molar-refractivity contribution in [3.05, 3.63) is 65.7 Å². The lowest BCUT2D eigenvalue weighted by molar-refractivity contribution is -0.143. The molecule has 1 saturated heterocycles. The molecular weight excluding hydrogens is 316 g/mol. The van der Waals surface area contributed by atoms with Crippen molar-refractivity contribution >= 4 is 15.8 Å². The van der Waals surface area contributed by atoms with Crippen LogP contribution in [0.2, 0.25) is 0 Å². The predicted octanol–water partition coefficient (Wildman–Crippen LogP) is 2.41. The number of carbonyl (C=O) groups excluding carboxylic acids is 1. The molecule has 2 aromatic carbocycles. The first-order valence-electron chi connectivity index (χ1n) is 7.06. The zero-order valence-corrected chi connectivity index (χ0v) is 13.5. The van der Waals surface area contributed by atoms with Crippen LogP contribution >= 0.6 is 0 Å². The smallest absolute Gasteiger partial charge is 0.357 e. The van der Waals surface area contributed by atoms with E-state index in [1.54, 1.807) is 42.5 Å². The molecule has 0 spiro atoms. The fraction of sp³-hybridized carbons (Fsp3) is 0.235. The predicted molar refractivity (Wildman–Crippen MR) is 83.4 cm³/mol. The van der Waals surface area contributed by atoms with Crippen molar-refractivity contribution in [2.75, 3.05) is 7.11 Å². The van der Waals surface area contributed by atoms with Gasteiger partial charge in [0.2, 0.25) is 9.84 Å². The summed E-state index contributed by atoms with van der Waals surface area (Å²) in [7, 11) is -2.90. The Morgan fingerprint density at radius 3 is 2.26 bits per heavy atom. The van der Waals surface area contributed by atoms with E-state index in [9.17, 15) is 13.2 Å². The number of benzene rings is 2. The van der Waals surface area contributed by atoms with Gasteiger partial charge in [-0.2, -0.15) is 0 Å². The van der Waals surface area contributed by atoms with Gasteiger partial charge in [0.25, 0.3) is 0 Å². The number of hydrogen-bond donors (Lipinski definition) is 0. The summed E-state index contributed by atoms with van der Waals surface area (Å²) in [5, 5.41) is 0. The van der Waals surface area contributed by atoms with Gasteiger partial charge >= 0.3 is 10.9 Å². The third-order valence-corrected chi connectivity index (χ3v) is 6.05. The minimum absolute atomic E-state index is 0.0342. The lowest BCUT2D eigenvalue weighted by Gasteiger charge is -2.12. The topological polar surface area (TPSA) is 73.0 Å². The second-order valence-corrected chi connectivity index (χ2v) is 7.47. The minimum atomic E-state index is -4.05. The lowest BCUT2D eigenvalue weighted by Crippen LogP contribution is -2.36. The van der Waals surface area contributed by atoms with Crippen molar-refractivity contribution < 1.29 is 22.7 Å². The quantitative estimate of drug-likeness (QED) is 0.635. The molecule has 3 rings (SSSR count). The van der Waals surface area contributed by atoms with Crippen LogP contribution in [0, 0.1) is 6.92 Å². The number of carbonyl (C=O) groups is 1. The number of epoxide rings is 1. The van der Waals surface area contributed by atoms with Gasteiger partial charge in [0.15, 0.2) is 0 Å². The molecule has 120 valence electrons. The zero-order chi connectivity index (χ0) is 16.7. The Morgan fingerprint density at radius 1 is 1.09 bits per heavy atom. The number of sulfone groups is 1.